The van der Waals surface area contributed by atoms with Crippen molar-refractivity contribution in [3.05, 3.63) is 48.0 Å². The number of hydrogen-bond acceptors (Lipinski definition) is 7. The van der Waals surface area contributed by atoms with Gasteiger partial charge in [0.25, 0.3) is 5.91 Å². The number of carbonyl (C=O) groups is 3. The number of hydrogen-bond donors (Lipinski definition) is 1. The number of amides is 2. The smallest absolute Gasteiger partial charge is 0.338 e. The van der Waals surface area contributed by atoms with Crippen molar-refractivity contribution in [2.75, 3.05) is 46.3 Å². The molecule has 1 N–H and O–H groups in total. The first-order valence-electron chi connectivity index (χ1n) is 9.53. The summed E-state index contributed by atoms with van der Waals surface area (Å²) in [7, 11) is 4.43. The molecule has 0 radical (unpaired) electrons. The van der Waals surface area contributed by atoms with Gasteiger partial charge in [-0.2, -0.15) is 0 Å². The number of rotatable bonds is 10. The lowest BCUT2D eigenvalue weighted by Crippen LogP contribution is -2.37. The SMILES string of the molecule is CCOc1ccc(C(=O)OCC(=O)N(C)CC(=O)Nc2cccc(OC)c2)cc1OC. The summed E-state index contributed by atoms with van der Waals surface area (Å²) in [4.78, 5) is 37.8. The maximum atomic E-state index is 12.3. The predicted octanol–water partition coefficient (Wildman–Crippen LogP) is 2.36. The van der Waals surface area contributed by atoms with Crippen LogP contribution in [0.3, 0.4) is 0 Å². The Kier molecular flexibility index (Phi) is 8.68. The van der Waals surface area contributed by atoms with E-state index in [0.29, 0.717) is 29.5 Å². The van der Waals surface area contributed by atoms with Gasteiger partial charge in [0.2, 0.25) is 5.91 Å². The molecule has 0 saturated heterocycles. The molecule has 0 fully saturated rings. The Balaban J connectivity index is 1.86. The summed E-state index contributed by atoms with van der Waals surface area (Å²) in [6.45, 7) is 1.58. The molecule has 0 aromatic heterocycles. The third-order valence-corrected chi connectivity index (χ3v) is 4.19. The van der Waals surface area contributed by atoms with Gasteiger partial charge in [-0.1, -0.05) is 6.07 Å². The molecule has 2 aromatic carbocycles. The molecular weight excluding hydrogens is 404 g/mol. The van der Waals surface area contributed by atoms with Crippen molar-refractivity contribution >= 4 is 23.5 Å². The van der Waals surface area contributed by atoms with Crippen LogP contribution in [-0.4, -0.2) is 63.7 Å². The minimum Gasteiger partial charge on any atom is -0.497 e. The molecule has 0 atom stereocenters. The standard InChI is InChI=1S/C22H26N2O7/c1-5-30-18-10-9-15(11-19(18)29-4)22(27)31-14-21(26)24(2)13-20(25)23-16-7-6-8-17(12-16)28-3/h6-12H,5,13-14H2,1-4H3,(H,23,25). The van der Waals surface area contributed by atoms with E-state index in [1.807, 2.05) is 6.92 Å². The maximum absolute atomic E-state index is 12.3. The van der Waals surface area contributed by atoms with E-state index in [0.717, 1.165) is 0 Å². The number of methoxy groups -OCH3 is 2. The molecule has 0 saturated carbocycles. The molecule has 2 amide bonds. The Labute approximate surface area is 180 Å². The van der Waals surface area contributed by atoms with Crippen LogP contribution in [-0.2, 0) is 14.3 Å². The van der Waals surface area contributed by atoms with E-state index in [1.54, 1.807) is 30.3 Å². The van der Waals surface area contributed by atoms with Gasteiger partial charge < -0.3 is 29.2 Å². The number of nitrogens with zero attached hydrogens (tertiary/aromatic N) is 1. The summed E-state index contributed by atoms with van der Waals surface area (Å²) in [6, 6.07) is 11.4. The van der Waals surface area contributed by atoms with E-state index in [2.05, 4.69) is 5.32 Å². The first kappa shape index (κ1) is 23.5. The van der Waals surface area contributed by atoms with Crippen LogP contribution in [0.1, 0.15) is 17.3 Å². The van der Waals surface area contributed by atoms with Gasteiger partial charge in [0.1, 0.15) is 5.75 Å². The average Bonchev–Trinajstić information content (AvgIpc) is 2.77. The molecule has 0 aliphatic rings. The highest BCUT2D eigenvalue weighted by atomic mass is 16.5. The number of esters is 1. The van der Waals surface area contributed by atoms with E-state index in [4.69, 9.17) is 18.9 Å². The van der Waals surface area contributed by atoms with Crippen LogP contribution in [0, 0.1) is 0 Å². The van der Waals surface area contributed by atoms with E-state index in [1.165, 1.54) is 38.3 Å². The van der Waals surface area contributed by atoms with Crippen molar-refractivity contribution in [1.29, 1.82) is 0 Å². The third kappa shape index (κ3) is 6.91. The van der Waals surface area contributed by atoms with Crippen LogP contribution in [0.2, 0.25) is 0 Å². The highest BCUT2D eigenvalue weighted by molar-refractivity contribution is 5.95. The molecule has 0 aliphatic heterocycles. The normalized spacial score (nSPS) is 10.1. The first-order chi connectivity index (χ1) is 14.9. The molecule has 0 aliphatic carbocycles. The molecule has 2 aromatic rings. The summed E-state index contributed by atoms with van der Waals surface area (Å²) in [5, 5.41) is 2.68. The van der Waals surface area contributed by atoms with Gasteiger partial charge >= 0.3 is 5.97 Å². The second-order valence-corrected chi connectivity index (χ2v) is 6.40. The molecule has 9 nitrogen and oxygen atoms in total. The van der Waals surface area contributed by atoms with Gasteiger partial charge in [-0.05, 0) is 37.3 Å². The monoisotopic (exact) mass is 430 g/mol. The van der Waals surface area contributed by atoms with Crippen LogP contribution in [0.4, 0.5) is 5.69 Å². The Bertz CT molecular complexity index is 930. The molecular formula is C22H26N2O7. The van der Waals surface area contributed by atoms with Crippen LogP contribution in [0.15, 0.2) is 42.5 Å². The lowest BCUT2D eigenvalue weighted by atomic mass is 10.2. The zero-order valence-electron chi connectivity index (χ0n) is 18.0. The maximum Gasteiger partial charge on any atom is 0.338 e. The van der Waals surface area contributed by atoms with Gasteiger partial charge in [-0.25, -0.2) is 4.79 Å². The second-order valence-electron chi connectivity index (χ2n) is 6.40. The van der Waals surface area contributed by atoms with Gasteiger partial charge in [-0.15, -0.1) is 0 Å². The summed E-state index contributed by atoms with van der Waals surface area (Å²) < 4.78 is 20.8. The fourth-order valence-electron chi connectivity index (χ4n) is 2.60. The topological polar surface area (TPSA) is 103 Å². The lowest BCUT2D eigenvalue weighted by molar-refractivity contribution is -0.136. The van der Waals surface area contributed by atoms with Crippen molar-refractivity contribution in [2.45, 2.75) is 6.92 Å². The summed E-state index contributed by atoms with van der Waals surface area (Å²) in [6.07, 6.45) is 0. The fourth-order valence-corrected chi connectivity index (χ4v) is 2.60. The Hall–Kier alpha value is -3.75. The Morgan fingerprint density at radius 3 is 2.45 bits per heavy atom. The van der Waals surface area contributed by atoms with Gasteiger partial charge in [-0.3, -0.25) is 9.59 Å². The average molecular weight is 430 g/mol. The van der Waals surface area contributed by atoms with E-state index in [9.17, 15) is 14.4 Å². The number of benzene rings is 2. The minimum absolute atomic E-state index is 0.204. The van der Waals surface area contributed by atoms with Crippen LogP contribution >= 0.6 is 0 Å². The largest absolute Gasteiger partial charge is 0.497 e. The molecule has 0 spiro atoms. The van der Waals surface area contributed by atoms with Gasteiger partial charge in [0.05, 0.1) is 32.9 Å². The van der Waals surface area contributed by atoms with Gasteiger partial charge in [0, 0.05) is 18.8 Å². The van der Waals surface area contributed by atoms with E-state index < -0.39 is 24.4 Å². The number of carbonyl (C=O) groups excluding carboxylic acids is 3. The van der Waals surface area contributed by atoms with Crippen LogP contribution < -0.4 is 19.5 Å². The van der Waals surface area contributed by atoms with Crippen molar-refractivity contribution < 1.29 is 33.3 Å². The minimum atomic E-state index is -0.691. The van der Waals surface area contributed by atoms with Crippen molar-refractivity contribution in [1.82, 2.24) is 4.90 Å². The summed E-state index contributed by atoms with van der Waals surface area (Å²) in [5.74, 6) is -0.129. The Morgan fingerprint density at radius 1 is 1.00 bits per heavy atom. The molecule has 2 rings (SSSR count). The second kappa shape index (κ2) is 11.4. The predicted molar refractivity (Wildman–Crippen MR) is 114 cm³/mol. The first-order valence-corrected chi connectivity index (χ1v) is 9.53. The third-order valence-electron chi connectivity index (χ3n) is 4.19. The van der Waals surface area contributed by atoms with E-state index >= 15 is 0 Å². The van der Waals surface area contributed by atoms with Crippen LogP contribution in [0.5, 0.6) is 17.2 Å². The van der Waals surface area contributed by atoms with Crippen molar-refractivity contribution in [3.63, 3.8) is 0 Å². The number of anilines is 1. The van der Waals surface area contributed by atoms with E-state index in [-0.39, 0.29) is 12.1 Å². The fraction of sp³-hybridized carbons (Fsp3) is 0.318. The number of nitrogens with one attached hydrogen (secondary N) is 1. The van der Waals surface area contributed by atoms with Gasteiger partial charge in [0.15, 0.2) is 18.1 Å². The molecule has 9 heteroatoms. The zero-order chi connectivity index (χ0) is 22.8. The Morgan fingerprint density at radius 2 is 1.77 bits per heavy atom. The van der Waals surface area contributed by atoms with Crippen molar-refractivity contribution in [2.24, 2.45) is 0 Å². The van der Waals surface area contributed by atoms with Crippen LogP contribution in [0.25, 0.3) is 0 Å². The molecule has 0 bridgehead atoms. The summed E-state index contributed by atoms with van der Waals surface area (Å²) in [5.41, 5.74) is 0.757. The quantitative estimate of drug-likeness (QED) is 0.577. The lowest BCUT2D eigenvalue weighted by Gasteiger charge is -2.17. The highest BCUT2D eigenvalue weighted by Crippen LogP contribution is 2.28. The molecule has 0 heterocycles. The van der Waals surface area contributed by atoms with Crippen molar-refractivity contribution in [3.8, 4) is 17.2 Å². The summed E-state index contributed by atoms with van der Waals surface area (Å²) >= 11 is 0. The zero-order valence-corrected chi connectivity index (χ0v) is 18.0. The molecule has 31 heavy (non-hydrogen) atoms. The number of ether oxygens (including phenoxy) is 4. The molecule has 0 unspecified atom stereocenters. The molecule has 166 valence electrons. The number of likely N-dealkylation sites (N-methyl/N-ethyl adjacent to an activating group) is 1. The highest BCUT2D eigenvalue weighted by Gasteiger charge is 2.17.